The van der Waals surface area contributed by atoms with Crippen LogP contribution in [0.25, 0.3) is 0 Å². The molecule has 1 aromatic carbocycles. The first kappa shape index (κ1) is 20.7. The number of carbonyl (C=O) groups excluding carboxylic acids is 1. The summed E-state index contributed by atoms with van der Waals surface area (Å²) >= 11 is 0. The van der Waals surface area contributed by atoms with E-state index < -0.39 is 11.6 Å². The highest BCUT2D eigenvalue weighted by Gasteiger charge is 2.27. The number of amides is 1. The molecule has 3 rings (SSSR count). The van der Waals surface area contributed by atoms with Gasteiger partial charge in [0.05, 0.1) is 6.54 Å². The first-order valence-corrected chi connectivity index (χ1v) is 8.52. The van der Waals surface area contributed by atoms with Gasteiger partial charge in [0.2, 0.25) is 5.91 Å². The molecule has 1 atom stereocenters. The van der Waals surface area contributed by atoms with Gasteiger partial charge in [0.25, 0.3) is 0 Å². The predicted octanol–water partition coefficient (Wildman–Crippen LogP) is 1.61. The Labute approximate surface area is 168 Å². The molecule has 0 spiro atoms. The molecule has 2 fully saturated rings. The maximum Gasteiger partial charge on any atom is 0.239 e. The third-order valence-electron chi connectivity index (χ3n) is 4.37. The van der Waals surface area contributed by atoms with Crippen LogP contribution in [0.3, 0.4) is 0 Å². The summed E-state index contributed by atoms with van der Waals surface area (Å²) in [6.45, 7) is 1.16. The maximum absolute atomic E-state index is 13.9. The Morgan fingerprint density at radius 1 is 1.19 bits per heavy atom. The average Bonchev–Trinajstić information content (AvgIpc) is 3.28. The molecule has 0 radical (unpaired) electrons. The van der Waals surface area contributed by atoms with Crippen molar-refractivity contribution in [2.75, 3.05) is 31.6 Å². The zero-order valence-electron chi connectivity index (χ0n) is 14.6. The molecule has 9 heteroatoms. The number of anilines is 1. The Hall–Kier alpha value is -1.65. The fourth-order valence-electron chi connectivity index (χ4n) is 2.93. The number of benzene rings is 1. The maximum atomic E-state index is 13.9. The summed E-state index contributed by atoms with van der Waals surface area (Å²) in [4.78, 5) is 17.5. The fourth-order valence-corrected chi connectivity index (χ4v) is 2.93. The number of hydrogen-bond acceptors (Lipinski definition) is 3. The van der Waals surface area contributed by atoms with E-state index in [9.17, 15) is 13.6 Å². The smallest absolute Gasteiger partial charge is 0.239 e. The molecule has 0 aromatic heterocycles. The topological polar surface area (TPSA) is 68.8 Å². The van der Waals surface area contributed by atoms with E-state index >= 15 is 0 Å². The first-order chi connectivity index (χ1) is 12.1. The lowest BCUT2D eigenvalue weighted by Gasteiger charge is -2.21. The SMILES string of the molecule is CN=C(NCC(=O)NC1CC1)NC1CCN(c2c(F)cccc2F)C1.I. The third-order valence-corrected chi connectivity index (χ3v) is 4.37. The van der Waals surface area contributed by atoms with Crippen LogP contribution in [-0.4, -0.2) is 50.6 Å². The number of nitrogens with zero attached hydrogens (tertiary/aromatic N) is 2. The van der Waals surface area contributed by atoms with Crippen molar-refractivity contribution in [2.45, 2.75) is 31.3 Å². The molecule has 1 heterocycles. The van der Waals surface area contributed by atoms with Gasteiger partial charge in [0.1, 0.15) is 17.3 Å². The van der Waals surface area contributed by atoms with Gasteiger partial charge >= 0.3 is 0 Å². The van der Waals surface area contributed by atoms with Crippen LogP contribution in [0.15, 0.2) is 23.2 Å². The number of hydrogen-bond donors (Lipinski definition) is 3. The van der Waals surface area contributed by atoms with Crippen molar-refractivity contribution >= 4 is 41.5 Å². The van der Waals surface area contributed by atoms with E-state index in [0.29, 0.717) is 25.1 Å². The summed E-state index contributed by atoms with van der Waals surface area (Å²) in [6, 6.07) is 4.20. The molecule has 3 N–H and O–H groups in total. The Kier molecular flexibility index (Phi) is 7.42. The minimum absolute atomic E-state index is 0. The normalized spacial score (nSPS) is 19.7. The molecule has 0 bridgehead atoms. The second kappa shape index (κ2) is 9.33. The van der Waals surface area contributed by atoms with Crippen molar-refractivity contribution in [1.82, 2.24) is 16.0 Å². The van der Waals surface area contributed by atoms with Crippen molar-refractivity contribution in [3.05, 3.63) is 29.8 Å². The standard InChI is InChI=1S/C17H23F2N5O.HI/c1-20-17(21-9-15(25)22-11-5-6-11)23-12-7-8-24(10-12)16-13(18)3-2-4-14(16)19;/h2-4,11-12H,5-10H2,1H3,(H,22,25)(H2,20,21,23);1H. The minimum Gasteiger partial charge on any atom is -0.365 e. The van der Waals surface area contributed by atoms with E-state index in [4.69, 9.17) is 0 Å². The first-order valence-electron chi connectivity index (χ1n) is 8.52. The Balaban J connectivity index is 0.00000243. The number of nitrogens with one attached hydrogen (secondary N) is 3. The van der Waals surface area contributed by atoms with Gasteiger partial charge in [-0.15, -0.1) is 24.0 Å². The Morgan fingerprint density at radius 2 is 1.88 bits per heavy atom. The van der Waals surface area contributed by atoms with Crippen LogP contribution in [0.1, 0.15) is 19.3 Å². The molecule has 1 amide bonds. The second-order valence-corrected chi connectivity index (χ2v) is 6.41. The summed E-state index contributed by atoms with van der Waals surface area (Å²) in [7, 11) is 1.62. The van der Waals surface area contributed by atoms with Gasteiger partial charge in [0, 0.05) is 32.2 Å². The van der Waals surface area contributed by atoms with Gasteiger partial charge in [-0.2, -0.15) is 0 Å². The molecule has 1 aliphatic heterocycles. The molecule has 144 valence electrons. The van der Waals surface area contributed by atoms with E-state index in [2.05, 4.69) is 20.9 Å². The minimum atomic E-state index is -0.556. The van der Waals surface area contributed by atoms with Crippen LogP contribution in [0.4, 0.5) is 14.5 Å². The number of aliphatic imine (C=N–C) groups is 1. The highest BCUT2D eigenvalue weighted by atomic mass is 127. The summed E-state index contributed by atoms with van der Waals surface area (Å²) in [5, 5.41) is 9.06. The van der Waals surface area contributed by atoms with Crippen LogP contribution in [0.5, 0.6) is 0 Å². The number of carbonyl (C=O) groups is 1. The van der Waals surface area contributed by atoms with Crippen molar-refractivity contribution in [2.24, 2.45) is 4.99 Å². The summed E-state index contributed by atoms with van der Waals surface area (Å²) < 4.78 is 27.8. The number of guanidine groups is 1. The lowest BCUT2D eigenvalue weighted by molar-refractivity contribution is -0.120. The van der Waals surface area contributed by atoms with E-state index in [1.165, 1.54) is 18.2 Å². The highest BCUT2D eigenvalue weighted by Crippen LogP contribution is 2.26. The van der Waals surface area contributed by atoms with Crippen molar-refractivity contribution in [1.29, 1.82) is 0 Å². The quantitative estimate of drug-likeness (QED) is 0.341. The zero-order chi connectivity index (χ0) is 17.8. The third kappa shape index (κ3) is 5.42. The van der Waals surface area contributed by atoms with E-state index in [1.54, 1.807) is 11.9 Å². The molecule has 1 aromatic rings. The number of para-hydroxylation sites is 1. The lowest BCUT2D eigenvalue weighted by atomic mass is 10.2. The van der Waals surface area contributed by atoms with E-state index in [1.807, 2.05) is 0 Å². The van der Waals surface area contributed by atoms with Gasteiger partial charge in [-0.3, -0.25) is 9.79 Å². The summed E-state index contributed by atoms with van der Waals surface area (Å²) in [5.41, 5.74) is 0.0126. The summed E-state index contributed by atoms with van der Waals surface area (Å²) in [5.74, 6) is -0.668. The van der Waals surface area contributed by atoms with Crippen molar-refractivity contribution in [3.63, 3.8) is 0 Å². The van der Waals surface area contributed by atoms with Gasteiger partial charge in [-0.05, 0) is 31.4 Å². The zero-order valence-corrected chi connectivity index (χ0v) is 16.9. The molecule has 1 aliphatic carbocycles. The molecule has 2 aliphatic rings. The Bertz CT molecular complexity index is 648. The molecule has 1 saturated heterocycles. The largest absolute Gasteiger partial charge is 0.365 e. The number of halogens is 3. The van der Waals surface area contributed by atoms with E-state index in [0.717, 1.165) is 19.3 Å². The molecular weight excluding hydrogens is 455 g/mol. The van der Waals surface area contributed by atoms with Crippen LogP contribution in [-0.2, 0) is 4.79 Å². The molecule has 1 saturated carbocycles. The summed E-state index contributed by atoms with van der Waals surface area (Å²) in [6.07, 6.45) is 2.81. The highest BCUT2D eigenvalue weighted by molar-refractivity contribution is 14.0. The van der Waals surface area contributed by atoms with E-state index in [-0.39, 0.29) is 48.2 Å². The van der Waals surface area contributed by atoms with Crippen molar-refractivity contribution in [3.8, 4) is 0 Å². The average molecular weight is 479 g/mol. The van der Waals surface area contributed by atoms with Crippen LogP contribution in [0, 0.1) is 11.6 Å². The molecule has 26 heavy (non-hydrogen) atoms. The van der Waals surface area contributed by atoms with Gasteiger partial charge in [0.15, 0.2) is 5.96 Å². The van der Waals surface area contributed by atoms with Crippen LogP contribution >= 0.6 is 24.0 Å². The molecule has 1 unspecified atom stereocenters. The van der Waals surface area contributed by atoms with Crippen molar-refractivity contribution < 1.29 is 13.6 Å². The van der Waals surface area contributed by atoms with Gasteiger partial charge < -0.3 is 20.9 Å². The number of rotatable bonds is 5. The predicted molar refractivity (Wildman–Crippen MR) is 108 cm³/mol. The van der Waals surface area contributed by atoms with Crippen LogP contribution in [0.2, 0.25) is 0 Å². The Morgan fingerprint density at radius 3 is 2.50 bits per heavy atom. The molecule has 6 nitrogen and oxygen atoms in total. The molecular formula is C17H24F2IN5O. The monoisotopic (exact) mass is 479 g/mol. The van der Waals surface area contributed by atoms with Gasteiger partial charge in [-0.25, -0.2) is 8.78 Å². The second-order valence-electron chi connectivity index (χ2n) is 6.41. The van der Waals surface area contributed by atoms with Gasteiger partial charge in [-0.1, -0.05) is 6.07 Å². The fraction of sp³-hybridized carbons (Fsp3) is 0.529. The lowest BCUT2D eigenvalue weighted by Crippen LogP contribution is -2.47. The van der Waals surface area contributed by atoms with Crippen LogP contribution < -0.4 is 20.9 Å².